The molecule has 3 rings (SSSR count). The van der Waals surface area contributed by atoms with Crippen molar-refractivity contribution < 1.29 is 17.9 Å². The first-order valence-corrected chi connectivity index (χ1v) is 11.4. The number of likely N-dealkylation sites (N-methyl/N-ethyl adjacent to an activating group) is 1. The topological polar surface area (TPSA) is 93.7 Å². The van der Waals surface area contributed by atoms with Crippen LogP contribution >= 0.6 is 11.5 Å². The monoisotopic (exact) mass is 448 g/mol. The minimum Gasteiger partial charge on any atom is -0.497 e. The number of sulfonamides is 1. The highest BCUT2D eigenvalue weighted by Crippen LogP contribution is 2.22. The summed E-state index contributed by atoms with van der Waals surface area (Å²) in [7, 11) is 1.15. The molecule has 0 saturated carbocycles. The minimum atomic E-state index is -3.57. The second-order valence-electron chi connectivity index (χ2n) is 6.43. The van der Waals surface area contributed by atoms with Gasteiger partial charge >= 0.3 is 0 Å². The van der Waals surface area contributed by atoms with E-state index in [1.807, 2.05) is 24.3 Å². The van der Waals surface area contributed by atoms with Gasteiger partial charge in [-0.05, 0) is 30.3 Å². The predicted molar refractivity (Wildman–Crippen MR) is 117 cm³/mol. The Balaban J connectivity index is 1.55. The van der Waals surface area contributed by atoms with Crippen LogP contribution in [0.15, 0.2) is 53.4 Å². The number of para-hydroxylation sites is 1. The zero-order valence-corrected chi connectivity index (χ0v) is 18.7. The van der Waals surface area contributed by atoms with Gasteiger partial charge in [-0.2, -0.15) is 8.68 Å². The van der Waals surface area contributed by atoms with Crippen molar-refractivity contribution in [2.45, 2.75) is 11.3 Å². The lowest BCUT2D eigenvalue weighted by atomic mass is 10.1. The first kappa shape index (κ1) is 22.0. The second kappa shape index (κ2) is 9.88. The number of ether oxygens (including phenoxy) is 2. The number of nitrogens with zero attached hydrogens (tertiary/aromatic N) is 3. The Morgan fingerprint density at radius 2 is 1.80 bits per heavy atom. The van der Waals surface area contributed by atoms with Gasteiger partial charge in [0.2, 0.25) is 15.2 Å². The molecular weight excluding hydrogens is 424 g/mol. The molecule has 0 amide bonds. The van der Waals surface area contributed by atoms with E-state index in [4.69, 9.17) is 9.47 Å². The minimum absolute atomic E-state index is 0.223. The molecule has 30 heavy (non-hydrogen) atoms. The van der Waals surface area contributed by atoms with Crippen molar-refractivity contribution in [3.63, 3.8) is 0 Å². The molecule has 160 valence electrons. The van der Waals surface area contributed by atoms with E-state index < -0.39 is 10.0 Å². The summed E-state index contributed by atoms with van der Waals surface area (Å²) in [6, 6.07) is 14.1. The molecule has 0 atom stereocenters. The van der Waals surface area contributed by atoms with Crippen LogP contribution in [0.1, 0.15) is 11.4 Å². The Labute approximate surface area is 180 Å². The maximum atomic E-state index is 12.7. The summed E-state index contributed by atoms with van der Waals surface area (Å²) < 4.78 is 41.4. The third kappa shape index (κ3) is 5.26. The molecule has 0 spiro atoms. The zero-order valence-electron chi connectivity index (χ0n) is 17.0. The Hall–Kier alpha value is -2.69. The Kier molecular flexibility index (Phi) is 7.24. The largest absolute Gasteiger partial charge is 0.497 e. The van der Waals surface area contributed by atoms with Crippen molar-refractivity contribution in [2.75, 3.05) is 39.7 Å². The highest BCUT2D eigenvalue weighted by molar-refractivity contribution is 7.89. The molecule has 0 aliphatic carbocycles. The summed E-state index contributed by atoms with van der Waals surface area (Å²) in [6.07, 6.45) is 0.563. The van der Waals surface area contributed by atoms with Crippen LogP contribution in [0.3, 0.4) is 0 Å². The van der Waals surface area contributed by atoms with Crippen LogP contribution in [0.4, 0.5) is 5.13 Å². The summed E-state index contributed by atoms with van der Waals surface area (Å²) in [6.45, 7) is 0.699. The van der Waals surface area contributed by atoms with Crippen molar-refractivity contribution in [2.24, 2.45) is 0 Å². The van der Waals surface area contributed by atoms with Gasteiger partial charge in [-0.3, -0.25) is 0 Å². The Bertz CT molecular complexity index is 1070. The van der Waals surface area contributed by atoms with Crippen LogP contribution in [0.5, 0.6) is 11.5 Å². The molecule has 0 fully saturated rings. The van der Waals surface area contributed by atoms with E-state index in [9.17, 15) is 8.42 Å². The van der Waals surface area contributed by atoms with Gasteiger partial charge in [0.25, 0.3) is 0 Å². The number of anilines is 1. The fraction of sp³-hybridized carbons (Fsp3) is 0.300. The van der Waals surface area contributed by atoms with Crippen molar-refractivity contribution >= 4 is 26.7 Å². The van der Waals surface area contributed by atoms with Crippen molar-refractivity contribution in [1.82, 2.24) is 13.7 Å². The summed E-state index contributed by atoms with van der Waals surface area (Å²) >= 11 is 1.25. The van der Waals surface area contributed by atoms with E-state index in [-0.39, 0.29) is 11.4 Å². The van der Waals surface area contributed by atoms with Crippen LogP contribution in [0.25, 0.3) is 0 Å². The lowest BCUT2D eigenvalue weighted by Crippen LogP contribution is -2.31. The van der Waals surface area contributed by atoms with Crippen molar-refractivity contribution in [3.8, 4) is 11.5 Å². The van der Waals surface area contributed by atoms with Crippen LogP contribution < -0.4 is 14.8 Å². The SMILES string of the molecule is COc1ccc(S(=O)(=O)N(C)CCNc2nc(Cc3ccccc3OC)ns2)cc1. The van der Waals surface area contributed by atoms with Crippen LogP contribution in [0.2, 0.25) is 0 Å². The molecule has 0 radical (unpaired) electrons. The molecular formula is C20H24N4O4S2. The number of rotatable bonds is 10. The molecule has 8 nitrogen and oxygen atoms in total. The van der Waals surface area contributed by atoms with Gasteiger partial charge in [0.1, 0.15) is 17.3 Å². The Morgan fingerprint density at radius 3 is 2.50 bits per heavy atom. The van der Waals surface area contributed by atoms with Gasteiger partial charge in [0.05, 0.1) is 19.1 Å². The molecule has 10 heteroatoms. The highest BCUT2D eigenvalue weighted by atomic mass is 32.2. The molecule has 2 aromatic carbocycles. The average Bonchev–Trinajstić information content (AvgIpc) is 3.21. The molecule has 3 aromatic rings. The number of hydrogen-bond donors (Lipinski definition) is 1. The quantitative estimate of drug-likeness (QED) is 0.510. The van der Waals surface area contributed by atoms with Gasteiger partial charge in [0.15, 0.2) is 0 Å². The zero-order chi connectivity index (χ0) is 21.6. The molecule has 1 heterocycles. The number of benzene rings is 2. The lowest BCUT2D eigenvalue weighted by molar-refractivity contribution is 0.410. The average molecular weight is 449 g/mol. The third-order valence-corrected chi connectivity index (χ3v) is 7.06. The Morgan fingerprint density at radius 1 is 1.07 bits per heavy atom. The standard InChI is InChI=1S/C20H24N4O4S2/c1-24(30(25,26)17-10-8-16(27-2)9-11-17)13-12-21-20-22-19(23-29-20)14-15-6-4-5-7-18(15)28-3/h4-11H,12-14H2,1-3H3,(H,21,22,23). The van der Waals surface area contributed by atoms with Gasteiger partial charge < -0.3 is 14.8 Å². The summed E-state index contributed by atoms with van der Waals surface area (Å²) in [4.78, 5) is 4.70. The van der Waals surface area contributed by atoms with E-state index in [0.717, 1.165) is 11.3 Å². The van der Waals surface area contributed by atoms with E-state index >= 15 is 0 Å². The number of nitrogens with one attached hydrogen (secondary N) is 1. The van der Waals surface area contributed by atoms with Gasteiger partial charge in [-0.1, -0.05) is 18.2 Å². The number of hydrogen-bond acceptors (Lipinski definition) is 8. The first-order chi connectivity index (χ1) is 14.4. The van der Waals surface area contributed by atoms with Crippen LogP contribution in [-0.4, -0.2) is 56.4 Å². The lowest BCUT2D eigenvalue weighted by Gasteiger charge is -2.17. The molecule has 1 aromatic heterocycles. The summed E-state index contributed by atoms with van der Waals surface area (Å²) in [5.41, 5.74) is 1.01. The predicted octanol–water partition coefficient (Wildman–Crippen LogP) is 2.88. The van der Waals surface area contributed by atoms with E-state index in [0.29, 0.717) is 29.7 Å². The van der Waals surface area contributed by atoms with Gasteiger partial charge in [-0.15, -0.1) is 0 Å². The summed E-state index contributed by atoms with van der Waals surface area (Å²) in [5, 5.41) is 3.79. The van der Waals surface area contributed by atoms with E-state index in [2.05, 4.69) is 14.7 Å². The third-order valence-electron chi connectivity index (χ3n) is 4.48. The smallest absolute Gasteiger partial charge is 0.242 e. The normalized spacial score (nSPS) is 11.5. The fourth-order valence-electron chi connectivity index (χ4n) is 2.79. The second-order valence-corrected chi connectivity index (χ2v) is 9.23. The van der Waals surface area contributed by atoms with Crippen LogP contribution in [-0.2, 0) is 16.4 Å². The van der Waals surface area contributed by atoms with Crippen LogP contribution in [0, 0.1) is 0 Å². The molecule has 0 aliphatic heterocycles. The maximum absolute atomic E-state index is 12.7. The van der Waals surface area contributed by atoms with Crippen molar-refractivity contribution in [1.29, 1.82) is 0 Å². The fourth-order valence-corrected chi connectivity index (χ4v) is 4.57. The first-order valence-electron chi connectivity index (χ1n) is 9.23. The number of methoxy groups -OCH3 is 2. The highest BCUT2D eigenvalue weighted by Gasteiger charge is 2.20. The van der Waals surface area contributed by atoms with Gasteiger partial charge in [-0.25, -0.2) is 13.4 Å². The summed E-state index contributed by atoms with van der Waals surface area (Å²) in [5.74, 6) is 2.09. The maximum Gasteiger partial charge on any atom is 0.242 e. The molecule has 0 bridgehead atoms. The molecule has 0 aliphatic rings. The molecule has 1 N–H and O–H groups in total. The van der Waals surface area contributed by atoms with E-state index in [1.165, 1.54) is 35.1 Å². The molecule has 0 saturated heterocycles. The van der Waals surface area contributed by atoms with E-state index in [1.54, 1.807) is 26.3 Å². The molecule has 0 unspecified atom stereocenters. The van der Waals surface area contributed by atoms with Gasteiger partial charge in [0, 0.05) is 43.7 Å². The number of aromatic nitrogens is 2. The van der Waals surface area contributed by atoms with Crippen molar-refractivity contribution in [3.05, 3.63) is 59.9 Å².